The van der Waals surface area contributed by atoms with E-state index in [2.05, 4.69) is 50.8 Å². The second-order valence-corrected chi connectivity index (χ2v) is 3.90. The van der Waals surface area contributed by atoms with Gasteiger partial charge in [-0.25, -0.2) is 0 Å². The van der Waals surface area contributed by atoms with Gasteiger partial charge in [0.05, 0.1) is 0 Å². The van der Waals surface area contributed by atoms with E-state index in [4.69, 9.17) is 4.74 Å². The Bertz CT molecular complexity index is 380. The van der Waals surface area contributed by atoms with Gasteiger partial charge in [-0.1, -0.05) is 31.9 Å². The number of rotatable bonds is 3. The van der Waals surface area contributed by atoms with Crippen LogP contribution in [0.2, 0.25) is 0 Å². The maximum absolute atomic E-state index is 5.59. The summed E-state index contributed by atoms with van der Waals surface area (Å²) in [6.45, 7) is 8.71. The van der Waals surface area contributed by atoms with Gasteiger partial charge in [-0.15, -0.1) is 5.92 Å². The maximum Gasteiger partial charge on any atom is 0.149 e. The van der Waals surface area contributed by atoms with E-state index in [0.29, 0.717) is 12.5 Å². The van der Waals surface area contributed by atoms with Gasteiger partial charge in [-0.05, 0) is 37.0 Å². The van der Waals surface area contributed by atoms with Crippen LogP contribution in [0, 0.1) is 18.8 Å². The van der Waals surface area contributed by atoms with E-state index in [1.165, 1.54) is 5.56 Å². The number of ether oxygens (including phenoxy) is 1. The fraction of sp³-hybridized carbons (Fsp3) is 0.429. The number of hydrogen-bond acceptors (Lipinski definition) is 1. The Kier molecular flexibility index (Phi) is 4.24. The molecule has 0 N–H and O–H groups in total. The van der Waals surface area contributed by atoms with E-state index < -0.39 is 0 Å². The normalized spacial score (nSPS) is 9.67. The third-order valence-corrected chi connectivity index (χ3v) is 2.36. The SMILES string of the molecule is CC#CCOc1cc(C(C)C)ccc1C. The lowest BCUT2D eigenvalue weighted by atomic mass is 10.0. The molecule has 1 nitrogen and oxygen atoms in total. The molecule has 0 aromatic heterocycles. The lowest BCUT2D eigenvalue weighted by molar-refractivity contribution is 0.367. The number of aryl methyl sites for hydroxylation is 1. The largest absolute Gasteiger partial charge is 0.481 e. The minimum atomic E-state index is 0.471. The molecule has 1 aromatic carbocycles. The summed E-state index contributed by atoms with van der Waals surface area (Å²) in [5.41, 5.74) is 2.47. The average molecular weight is 202 g/mol. The molecule has 0 aliphatic rings. The molecule has 15 heavy (non-hydrogen) atoms. The van der Waals surface area contributed by atoms with Crippen LogP contribution in [-0.2, 0) is 0 Å². The highest BCUT2D eigenvalue weighted by Crippen LogP contribution is 2.23. The molecule has 0 atom stereocenters. The molecule has 0 radical (unpaired) electrons. The Morgan fingerprint density at radius 1 is 1.33 bits per heavy atom. The molecule has 0 amide bonds. The van der Waals surface area contributed by atoms with E-state index in [-0.39, 0.29) is 0 Å². The molecular weight excluding hydrogens is 184 g/mol. The highest BCUT2D eigenvalue weighted by Gasteiger charge is 2.03. The van der Waals surface area contributed by atoms with Crippen molar-refractivity contribution in [2.24, 2.45) is 0 Å². The summed E-state index contributed by atoms with van der Waals surface area (Å²) in [6.07, 6.45) is 0. The van der Waals surface area contributed by atoms with Crippen LogP contribution in [0.25, 0.3) is 0 Å². The summed E-state index contributed by atoms with van der Waals surface area (Å²) in [7, 11) is 0. The lowest BCUT2D eigenvalue weighted by Gasteiger charge is -2.11. The molecule has 0 bridgehead atoms. The first-order chi connectivity index (χ1) is 7.15. The summed E-state index contributed by atoms with van der Waals surface area (Å²) in [5, 5.41) is 0. The van der Waals surface area contributed by atoms with Crippen LogP contribution in [0.3, 0.4) is 0 Å². The van der Waals surface area contributed by atoms with Gasteiger partial charge in [-0.3, -0.25) is 0 Å². The van der Waals surface area contributed by atoms with Crippen LogP contribution in [0.4, 0.5) is 0 Å². The van der Waals surface area contributed by atoms with Crippen molar-refractivity contribution in [3.05, 3.63) is 29.3 Å². The molecule has 1 rings (SSSR count). The molecule has 1 aromatic rings. The van der Waals surface area contributed by atoms with Gasteiger partial charge in [-0.2, -0.15) is 0 Å². The Labute approximate surface area is 92.5 Å². The summed E-state index contributed by atoms with van der Waals surface area (Å²) in [6, 6.07) is 6.36. The lowest BCUT2D eigenvalue weighted by Crippen LogP contribution is -1.97. The van der Waals surface area contributed by atoms with Gasteiger partial charge in [0.25, 0.3) is 0 Å². The standard InChI is InChI=1S/C14H18O/c1-5-6-9-15-14-10-13(11(2)3)8-7-12(14)4/h7-8,10-11H,9H2,1-4H3. The molecule has 0 heterocycles. The Morgan fingerprint density at radius 3 is 2.67 bits per heavy atom. The van der Waals surface area contributed by atoms with E-state index in [9.17, 15) is 0 Å². The van der Waals surface area contributed by atoms with Crippen molar-refractivity contribution in [3.63, 3.8) is 0 Å². The van der Waals surface area contributed by atoms with Crippen LogP contribution in [-0.4, -0.2) is 6.61 Å². The molecule has 0 unspecified atom stereocenters. The quantitative estimate of drug-likeness (QED) is 0.681. The minimum Gasteiger partial charge on any atom is -0.481 e. The first kappa shape index (κ1) is 11.7. The van der Waals surface area contributed by atoms with Crippen LogP contribution in [0.5, 0.6) is 5.75 Å². The van der Waals surface area contributed by atoms with E-state index in [1.807, 2.05) is 6.92 Å². The topological polar surface area (TPSA) is 9.23 Å². The van der Waals surface area contributed by atoms with Gasteiger partial charge in [0.1, 0.15) is 12.4 Å². The van der Waals surface area contributed by atoms with Crippen molar-refractivity contribution < 1.29 is 4.74 Å². The molecule has 80 valence electrons. The summed E-state index contributed by atoms with van der Waals surface area (Å²) >= 11 is 0. The molecule has 0 fully saturated rings. The second kappa shape index (κ2) is 5.46. The van der Waals surface area contributed by atoms with Crippen LogP contribution < -0.4 is 4.74 Å². The fourth-order valence-electron chi connectivity index (χ4n) is 1.32. The predicted octanol–water partition coefficient (Wildman–Crippen LogP) is 3.52. The van der Waals surface area contributed by atoms with E-state index in [1.54, 1.807) is 0 Å². The molecule has 1 heteroatoms. The van der Waals surface area contributed by atoms with Crippen molar-refractivity contribution >= 4 is 0 Å². The molecular formula is C14H18O. The average Bonchev–Trinajstić information content (AvgIpc) is 2.20. The Morgan fingerprint density at radius 2 is 2.07 bits per heavy atom. The van der Waals surface area contributed by atoms with Crippen molar-refractivity contribution in [2.45, 2.75) is 33.6 Å². The van der Waals surface area contributed by atoms with Gasteiger partial charge in [0.2, 0.25) is 0 Å². The van der Waals surface area contributed by atoms with Crippen LogP contribution >= 0.6 is 0 Å². The van der Waals surface area contributed by atoms with Gasteiger partial charge in [0, 0.05) is 0 Å². The second-order valence-electron chi connectivity index (χ2n) is 3.90. The smallest absolute Gasteiger partial charge is 0.149 e. The fourth-order valence-corrected chi connectivity index (χ4v) is 1.32. The zero-order chi connectivity index (χ0) is 11.3. The Balaban J connectivity index is 2.83. The van der Waals surface area contributed by atoms with Crippen molar-refractivity contribution in [3.8, 4) is 17.6 Å². The highest BCUT2D eigenvalue weighted by atomic mass is 16.5. The number of benzene rings is 1. The monoisotopic (exact) mass is 202 g/mol. The third kappa shape index (κ3) is 3.32. The number of hydrogen-bond donors (Lipinski definition) is 0. The Hall–Kier alpha value is -1.42. The molecule has 0 saturated heterocycles. The van der Waals surface area contributed by atoms with Crippen molar-refractivity contribution in [1.82, 2.24) is 0 Å². The summed E-state index contributed by atoms with van der Waals surface area (Å²) in [5.74, 6) is 7.20. The van der Waals surface area contributed by atoms with Crippen molar-refractivity contribution in [1.29, 1.82) is 0 Å². The summed E-state index contributed by atoms with van der Waals surface area (Å²) in [4.78, 5) is 0. The zero-order valence-electron chi connectivity index (χ0n) is 9.92. The van der Waals surface area contributed by atoms with Crippen molar-refractivity contribution in [2.75, 3.05) is 6.61 Å². The first-order valence-corrected chi connectivity index (χ1v) is 5.28. The molecule has 0 saturated carbocycles. The van der Waals surface area contributed by atoms with Gasteiger partial charge in [0.15, 0.2) is 0 Å². The maximum atomic E-state index is 5.59. The van der Waals surface area contributed by atoms with Crippen LogP contribution in [0.1, 0.15) is 37.8 Å². The predicted molar refractivity (Wildman–Crippen MR) is 64.2 cm³/mol. The molecule has 0 aliphatic carbocycles. The third-order valence-electron chi connectivity index (χ3n) is 2.36. The minimum absolute atomic E-state index is 0.471. The van der Waals surface area contributed by atoms with E-state index >= 15 is 0 Å². The van der Waals surface area contributed by atoms with Gasteiger partial charge >= 0.3 is 0 Å². The van der Waals surface area contributed by atoms with E-state index in [0.717, 1.165) is 11.3 Å². The summed E-state index contributed by atoms with van der Waals surface area (Å²) < 4.78 is 5.59. The molecule has 0 spiro atoms. The zero-order valence-corrected chi connectivity index (χ0v) is 9.92. The molecule has 0 aliphatic heterocycles. The highest BCUT2D eigenvalue weighted by molar-refractivity contribution is 5.38. The van der Waals surface area contributed by atoms with Gasteiger partial charge < -0.3 is 4.74 Å². The van der Waals surface area contributed by atoms with Crippen LogP contribution in [0.15, 0.2) is 18.2 Å². The first-order valence-electron chi connectivity index (χ1n) is 5.28.